The van der Waals surface area contributed by atoms with Gasteiger partial charge in [0, 0.05) is 86.0 Å². The summed E-state index contributed by atoms with van der Waals surface area (Å²) in [6.07, 6.45) is 17.3. The number of H-pyrrole nitrogens is 2. The highest BCUT2D eigenvalue weighted by Crippen LogP contribution is 2.31. The Hall–Kier alpha value is -6.83. The number of nitrogens with zero attached hydrogens (tertiary/aromatic N) is 11. The van der Waals surface area contributed by atoms with Crippen molar-refractivity contribution < 1.29 is 4.79 Å². The second-order valence-electron chi connectivity index (χ2n) is 15.0. The van der Waals surface area contributed by atoms with Gasteiger partial charge in [0.1, 0.15) is 24.3 Å². The van der Waals surface area contributed by atoms with Crippen molar-refractivity contribution in [1.82, 2.24) is 55.2 Å². The molecular formula is C44H45N13O. The van der Waals surface area contributed by atoms with Gasteiger partial charge in [0.15, 0.2) is 0 Å². The summed E-state index contributed by atoms with van der Waals surface area (Å²) in [5.74, 6) is 1.90. The van der Waals surface area contributed by atoms with E-state index in [0.29, 0.717) is 19.5 Å². The zero-order valence-corrected chi connectivity index (χ0v) is 32.8. The average molecular weight is 772 g/mol. The lowest BCUT2D eigenvalue weighted by atomic mass is 9.98. The largest absolute Gasteiger partial charge is 0.356 e. The number of nitrogens with one attached hydrogen (secondary N) is 2. The van der Waals surface area contributed by atoms with Crippen molar-refractivity contribution in [2.45, 2.75) is 46.0 Å². The molecule has 14 heteroatoms. The number of fused-ring (bicyclic) bond motifs is 4. The minimum atomic E-state index is -0.0255. The predicted molar refractivity (Wildman–Crippen MR) is 227 cm³/mol. The van der Waals surface area contributed by atoms with Gasteiger partial charge in [0.2, 0.25) is 5.91 Å². The summed E-state index contributed by atoms with van der Waals surface area (Å²) in [5, 5.41) is 18.8. The molecule has 0 spiro atoms. The third-order valence-electron chi connectivity index (χ3n) is 11.6. The van der Waals surface area contributed by atoms with E-state index in [0.717, 1.165) is 99.2 Å². The van der Waals surface area contributed by atoms with Crippen molar-refractivity contribution in [3.8, 4) is 0 Å². The first-order valence-electron chi connectivity index (χ1n) is 19.9. The van der Waals surface area contributed by atoms with Crippen LogP contribution in [0.5, 0.6) is 0 Å². The molecule has 2 aliphatic rings. The summed E-state index contributed by atoms with van der Waals surface area (Å²) in [4.78, 5) is 46.0. The van der Waals surface area contributed by atoms with Crippen LogP contribution in [0.4, 0.5) is 11.6 Å². The Morgan fingerprint density at radius 1 is 0.621 bits per heavy atom. The van der Waals surface area contributed by atoms with Gasteiger partial charge in [-0.05, 0) is 85.7 Å². The molecule has 2 aliphatic heterocycles. The quantitative estimate of drug-likeness (QED) is 0.172. The molecule has 14 nitrogen and oxygen atoms in total. The van der Waals surface area contributed by atoms with Crippen LogP contribution in [0.15, 0.2) is 86.5 Å². The van der Waals surface area contributed by atoms with Gasteiger partial charge >= 0.3 is 0 Å². The number of amides is 1. The predicted octanol–water partition coefficient (Wildman–Crippen LogP) is 6.43. The fourth-order valence-corrected chi connectivity index (χ4v) is 8.38. The lowest BCUT2D eigenvalue weighted by Gasteiger charge is -2.35. The SMILES string of the molecule is C=CC(=O)N1CCN(c2ncnc3c(Cc4c(C)ccc5[nH]ncc45)nccc23)CC1.Cc1ccc2[nH]ncc2c1Cc1nccc2c(N3CCCCC3)ncnc12. The Morgan fingerprint density at radius 2 is 1.12 bits per heavy atom. The molecule has 6 aromatic heterocycles. The highest BCUT2D eigenvalue weighted by Gasteiger charge is 2.23. The fraction of sp³-hybridized carbons (Fsp3) is 0.295. The molecule has 2 fully saturated rings. The molecule has 10 rings (SSSR count). The molecule has 2 saturated heterocycles. The van der Waals surface area contributed by atoms with E-state index in [1.165, 1.54) is 47.6 Å². The number of pyridine rings is 2. The van der Waals surface area contributed by atoms with Crippen molar-refractivity contribution in [3.63, 3.8) is 0 Å². The van der Waals surface area contributed by atoms with Crippen molar-refractivity contribution in [3.05, 3.63) is 120 Å². The van der Waals surface area contributed by atoms with Crippen LogP contribution in [0, 0.1) is 13.8 Å². The van der Waals surface area contributed by atoms with Gasteiger partial charge in [-0.25, -0.2) is 19.9 Å². The minimum absolute atomic E-state index is 0.0255. The van der Waals surface area contributed by atoms with Crippen LogP contribution in [0.1, 0.15) is 52.9 Å². The van der Waals surface area contributed by atoms with E-state index in [4.69, 9.17) is 0 Å². The highest BCUT2D eigenvalue weighted by atomic mass is 16.2. The number of carbonyl (C=O) groups is 1. The fourth-order valence-electron chi connectivity index (χ4n) is 8.38. The molecule has 58 heavy (non-hydrogen) atoms. The summed E-state index contributed by atoms with van der Waals surface area (Å²) >= 11 is 0. The van der Waals surface area contributed by atoms with Crippen LogP contribution >= 0.6 is 0 Å². The second-order valence-corrected chi connectivity index (χ2v) is 15.0. The van der Waals surface area contributed by atoms with Crippen molar-refractivity contribution in [2.75, 3.05) is 49.1 Å². The van der Waals surface area contributed by atoms with E-state index in [9.17, 15) is 4.79 Å². The Balaban J connectivity index is 0.000000152. The van der Waals surface area contributed by atoms with Gasteiger partial charge in [0.05, 0.1) is 45.8 Å². The highest BCUT2D eigenvalue weighted by molar-refractivity contribution is 5.93. The van der Waals surface area contributed by atoms with Gasteiger partial charge in [0.25, 0.3) is 0 Å². The monoisotopic (exact) mass is 771 g/mol. The van der Waals surface area contributed by atoms with E-state index in [-0.39, 0.29) is 5.91 Å². The van der Waals surface area contributed by atoms with E-state index < -0.39 is 0 Å². The summed E-state index contributed by atoms with van der Waals surface area (Å²) in [6, 6.07) is 12.4. The summed E-state index contributed by atoms with van der Waals surface area (Å²) in [6.45, 7) is 12.7. The number of piperazine rings is 1. The number of benzene rings is 2. The molecular weight excluding hydrogens is 727 g/mol. The van der Waals surface area contributed by atoms with Gasteiger partial charge in [-0.2, -0.15) is 10.2 Å². The Labute approximate surface area is 335 Å². The van der Waals surface area contributed by atoms with E-state index in [1.54, 1.807) is 12.7 Å². The molecule has 8 heterocycles. The number of anilines is 2. The number of aromatic nitrogens is 10. The molecule has 2 aromatic carbocycles. The number of hydrogen-bond acceptors (Lipinski definition) is 11. The van der Waals surface area contributed by atoms with Gasteiger partial charge in [-0.3, -0.25) is 25.0 Å². The molecule has 0 saturated carbocycles. The summed E-state index contributed by atoms with van der Waals surface area (Å²) < 4.78 is 0. The zero-order valence-electron chi connectivity index (χ0n) is 32.8. The van der Waals surface area contributed by atoms with E-state index in [2.05, 4.69) is 105 Å². The lowest BCUT2D eigenvalue weighted by Crippen LogP contribution is -2.48. The Kier molecular flexibility index (Phi) is 10.1. The lowest BCUT2D eigenvalue weighted by molar-refractivity contribution is -0.126. The second kappa shape index (κ2) is 16.0. The number of rotatable bonds is 7. The zero-order chi connectivity index (χ0) is 39.6. The molecule has 2 N–H and O–H groups in total. The molecule has 0 unspecified atom stereocenters. The van der Waals surface area contributed by atoms with E-state index in [1.807, 2.05) is 41.8 Å². The summed E-state index contributed by atoms with van der Waals surface area (Å²) in [5.41, 5.74) is 10.7. The van der Waals surface area contributed by atoms with Gasteiger partial charge in [-0.1, -0.05) is 18.7 Å². The third-order valence-corrected chi connectivity index (χ3v) is 11.6. The van der Waals surface area contributed by atoms with Crippen molar-refractivity contribution in [2.24, 2.45) is 0 Å². The first-order chi connectivity index (χ1) is 28.5. The molecule has 1 amide bonds. The van der Waals surface area contributed by atoms with Crippen LogP contribution in [0.3, 0.4) is 0 Å². The first kappa shape index (κ1) is 36.8. The summed E-state index contributed by atoms with van der Waals surface area (Å²) in [7, 11) is 0. The van der Waals surface area contributed by atoms with Crippen LogP contribution in [-0.4, -0.2) is 100 Å². The number of piperidine rings is 1. The Morgan fingerprint density at radius 3 is 1.62 bits per heavy atom. The van der Waals surface area contributed by atoms with Crippen molar-refractivity contribution >= 4 is 61.2 Å². The number of aryl methyl sites for hydroxylation is 2. The standard InChI is InChI=1S/C23H23N7O.C21H22N6/c1-3-21(31)29-8-10-30(11-9-29)23-16-6-7-24-20(22(16)25-14-26-23)12-17-15(2)4-5-19-18(17)13-27-28-19;1-14-5-6-18-17(12-25-26-18)16(14)11-19-20-15(7-8-22-19)21(24-13-23-20)27-9-3-2-4-10-27/h3-7,13-14H,1,8-12H2,2H3,(H,27,28);5-8,12-13H,2-4,9-11H2,1H3,(H,25,26). The molecule has 0 aliphatic carbocycles. The molecule has 292 valence electrons. The minimum Gasteiger partial charge on any atom is -0.356 e. The number of aromatic amines is 2. The van der Waals surface area contributed by atoms with E-state index >= 15 is 0 Å². The van der Waals surface area contributed by atoms with Gasteiger partial charge < -0.3 is 14.7 Å². The molecule has 0 bridgehead atoms. The maximum atomic E-state index is 11.9. The van der Waals surface area contributed by atoms with Crippen LogP contribution < -0.4 is 9.80 Å². The molecule has 0 atom stereocenters. The molecule has 8 aromatic rings. The first-order valence-corrected chi connectivity index (χ1v) is 19.9. The third kappa shape index (κ3) is 7.05. The van der Waals surface area contributed by atoms with Crippen molar-refractivity contribution in [1.29, 1.82) is 0 Å². The number of carbonyl (C=O) groups excluding carboxylic acids is 1. The maximum Gasteiger partial charge on any atom is 0.246 e. The van der Waals surface area contributed by atoms with Crippen LogP contribution in [0.25, 0.3) is 43.6 Å². The number of hydrogen-bond donors (Lipinski definition) is 2. The smallest absolute Gasteiger partial charge is 0.246 e. The van der Waals surface area contributed by atoms with Crippen LogP contribution in [-0.2, 0) is 17.6 Å². The normalized spacial score (nSPS) is 14.6. The maximum absolute atomic E-state index is 11.9. The average Bonchev–Trinajstić information content (AvgIpc) is 3.96. The Bertz CT molecular complexity index is 2780. The topological polar surface area (TPSA) is 161 Å². The van der Waals surface area contributed by atoms with Gasteiger partial charge in [-0.15, -0.1) is 0 Å². The molecule has 0 radical (unpaired) electrons. The van der Waals surface area contributed by atoms with Crippen LogP contribution in [0.2, 0.25) is 0 Å².